The summed E-state index contributed by atoms with van der Waals surface area (Å²) in [5.41, 5.74) is 7.01. The van der Waals surface area contributed by atoms with Gasteiger partial charge in [0.1, 0.15) is 0 Å². The smallest absolute Gasteiger partial charge is 0.307 e. The molecule has 6 N–H and O–H groups in total. The Morgan fingerprint density at radius 2 is 1.29 bits per heavy atom. The maximum Gasteiger partial charge on any atom is 0.307 e. The number of nitrogens with two attached hydrogens (primary N) is 1. The second-order valence-electron chi connectivity index (χ2n) is 5.47. The van der Waals surface area contributed by atoms with Crippen LogP contribution in [-0.2, 0) is 11.2 Å². The lowest BCUT2D eigenvalue weighted by Crippen LogP contribution is -2.50. The molecule has 0 saturated carbocycles. The van der Waals surface area contributed by atoms with Crippen molar-refractivity contribution in [2.24, 2.45) is 5.73 Å². The van der Waals surface area contributed by atoms with Gasteiger partial charge >= 0.3 is 5.97 Å². The van der Waals surface area contributed by atoms with Crippen molar-refractivity contribution in [3.05, 3.63) is 60.2 Å². The molecule has 0 unspecified atom stereocenters. The number of hydrogen-bond donors (Lipinski definition) is 5. The summed E-state index contributed by atoms with van der Waals surface area (Å²) in [5, 5.41) is 33.7. The predicted octanol–water partition coefficient (Wildman–Crippen LogP) is 0.642. The van der Waals surface area contributed by atoms with Crippen molar-refractivity contribution in [1.29, 1.82) is 0 Å². The minimum atomic E-state index is -1.21. The van der Waals surface area contributed by atoms with Crippen molar-refractivity contribution >= 4 is 5.97 Å². The van der Waals surface area contributed by atoms with E-state index in [9.17, 15) is 4.79 Å². The summed E-state index contributed by atoms with van der Waals surface area (Å²) in [6.07, 6.45) is 0.0784. The molecule has 6 nitrogen and oxygen atoms in total. The first-order valence-corrected chi connectivity index (χ1v) is 7.41. The zero-order chi connectivity index (χ0) is 18.0. The number of carboxylic acid groups (broad SMARTS) is 1. The maximum atomic E-state index is 10.5. The molecule has 0 amide bonds. The highest BCUT2D eigenvalue weighted by atomic mass is 16.4. The Kier molecular flexibility index (Phi) is 8.08. The topological polar surface area (TPSA) is 124 Å². The van der Waals surface area contributed by atoms with Gasteiger partial charge in [-0.05, 0) is 16.7 Å². The first-order chi connectivity index (χ1) is 11.4. The van der Waals surface area contributed by atoms with Crippen LogP contribution in [0.25, 0.3) is 11.1 Å². The molecule has 0 saturated heterocycles. The zero-order valence-corrected chi connectivity index (χ0v) is 13.3. The average Bonchev–Trinajstić information content (AvgIpc) is 2.62. The fourth-order valence-electron chi connectivity index (χ4n) is 1.77. The molecule has 0 bridgehead atoms. The fourth-order valence-corrected chi connectivity index (χ4v) is 1.77. The summed E-state index contributed by atoms with van der Waals surface area (Å²) in [6, 6.07) is 17.6. The molecule has 2 aromatic rings. The number of aliphatic carboxylic acids is 1. The SMILES string of the molecule is NC(CO)(CO)CO.O=C(O)Cc1ccc(-c2ccccc2)cc1. The first-order valence-electron chi connectivity index (χ1n) is 7.41. The molecule has 0 heterocycles. The number of aliphatic hydroxyl groups is 3. The Labute approximate surface area is 140 Å². The van der Waals surface area contributed by atoms with Crippen molar-refractivity contribution < 1.29 is 25.2 Å². The van der Waals surface area contributed by atoms with Crippen LogP contribution in [0.1, 0.15) is 5.56 Å². The molecule has 0 aliphatic heterocycles. The average molecular weight is 333 g/mol. The largest absolute Gasteiger partial charge is 0.481 e. The van der Waals surface area contributed by atoms with E-state index in [2.05, 4.69) is 0 Å². The lowest BCUT2D eigenvalue weighted by molar-refractivity contribution is -0.136. The zero-order valence-electron chi connectivity index (χ0n) is 13.3. The van der Waals surface area contributed by atoms with Crippen LogP contribution in [0, 0.1) is 0 Å². The van der Waals surface area contributed by atoms with Crippen molar-refractivity contribution in [2.45, 2.75) is 12.0 Å². The van der Waals surface area contributed by atoms with Crippen molar-refractivity contribution in [3.8, 4) is 11.1 Å². The highest BCUT2D eigenvalue weighted by Crippen LogP contribution is 2.19. The Balaban J connectivity index is 0.000000307. The number of carboxylic acids is 1. The third kappa shape index (κ3) is 6.47. The molecular formula is C18H23NO5. The van der Waals surface area contributed by atoms with Gasteiger partial charge < -0.3 is 26.2 Å². The number of carbonyl (C=O) groups is 1. The minimum Gasteiger partial charge on any atom is -0.481 e. The van der Waals surface area contributed by atoms with Crippen LogP contribution in [-0.4, -0.2) is 51.8 Å². The van der Waals surface area contributed by atoms with E-state index in [4.69, 9.17) is 26.2 Å². The number of hydrogen-bond acceptors (Lipinski definition) is 5. The molecule has 6 heteroatoms. The molecule has 130 valence electrons. The second kappa shape index (κ2) is 9.79. The van der Waals surface area contributed by atoms with Crippen LogP contribution < -0.4 is 5.73 Å². The first kappa shape index (κ1) is 19.8. The van der Waals surface area contributed by atoms with Gasteiger partial charge in [0.15, 0.2) is 0 Å². The van der Waals surface area contributed by atoms with E-state index in [0.717, 1.165) is 16.7 Å². The lowest BCUT2D eigenvalue weighted by atomic mass is 10.0. The van der Waals surface area contributed by atoms with Crippen LogP contribution in [0.2, 0.25) is 0 Å². The van der Waals surface area contributed by atoms with E-state index in [1.54, 1.807) is 0 Å². The fraction of sp³-hybridized carbons (Fsp3) is 0.278. The molecule has 0 atom stereocenters. The third-order valence-electron chi connectivity index (χ3n) is 3.36. The van der Waals surface area contributed by atoms with E-state index in [1.807, 2.05) is 54.6 Å². The molecular weight excluding hydrogens is 310 g/mol. The lowest BCUT2D eigenvalue weighted by Gasteiger charge is -2.20. The molecule has 0 aromatic heterocycles. The summed E-state index contributed by atoms with van der Waals surface area (Å²) in [6.45, 7) is -1.21. The Morgan fingerprint density at radius 3 is 1.67 bits per heavy atom. The van der Waals surface area contributed by atoms with E-state index in [1.165, 1.54) is 0 Å². The van der Waals surface area contributed by atoms with E-state index < -0.39 is 31.3 Å². The molecule has 0 radical (unpaired) electrons. The standard InChI is InChI=1S/C14H12O2.C4H11NO3/c15-14(16)10-11-6-8-13(9-7-11)12-4-2-1-3-5-12;5-4(1-6,2-7)3-8/h1-9H,10H2,(H,15,16);6-8H,1-3,5H2. The van der Waals surface area contributed by atoms with Crippen LogP contribution in [0.3, 0.4) is 0 Å². The highest BCUT2D eigenvalue weighted by molar-refractivity contribution is 5.71. The molecule has 2 rings (SSSR count). The van der Waals surface area contributed by atoms with Gasteiger partial charge in [-0.15, -0.1) is 0 Å². The van der Waals surface area contributed by atoms with Crippen molar-refractivity contribution in [1.82, 2.24) is 0 Å². The number of benzene rings is 2. The van der Waals surface area contributed by atoms with Gasteiger partial charge in [-0.25, -0.2) is 0 Å². The van der Waals surface area contributed by atoms with Crippen molar-refractivity contribution in [2.75, 3.05) is 19.8 Å². The van der Waals surface area contributed by atoms with Gasteiger partial charge in [0, 0.05) is 0 Å². The summed E-state index contributed by atoms with van der Waals surface area (Å²) >= 11 is 0. The summed E-state index contributed by atoms with van der Waals surface area (Å²) in [5.74, 6) is -0.799. The number of rotatable bonds is 6. The Morgan fingerprint density at radius 1 is 0.833 bits per heavy atom. The van der Waals surface area contributed by atoms with Gasteiger partial charge in [-0.2, -0.15) is 0 Å². The third-order valence-corrected chi connectivity index (χ3v) is 3.36. The quantitative estimate of drug-likeness (QED) is 0.528. The van der Waals surface area contributed by atoms with Gasteiger partial charge in [-0.1, -0.05) is 54.6 Å². The van der Waals surface area contributed by atoms with Crippen LogP contribution >= 0.6 is 0 Å². The summed E-state index contributed by atoms with van der Waals surface area (Å²) in [7, 11) is 0. The van der Waals surface area contributed by atoms with Gasteiger partial charge in [0.05, 0.1) is 31.8 Å². The summed E-state index contributed by atoms with van der Waals surface area (Å²) < 4.78 is 0. The van der Waals surface area contributed by atoms with Gasteiger partial charge in [0.2, 0.25) is 0 Å². The Bertz CT molecular complexity index is 601. The molecule has 0 fully saturated rings. The van der Waals surface area contributed by atoms with Crippen LogP contribution in [0.5, 0.6) is 0 Å². The minimum absolute atomic E-state index is 0.0784. The maximum absolute atomic E-state index is 10.5. The van der Waals surface area contributed by atoms with Gasteiger partial charge in [0.25, 0.3) is 0 Å². The highest BCUT2D eigenvalue weighted by Gasteiger charge is 2.20. The monoisotopic (exact) mass is 333 g/mol. The van der Waals surface area contributed by atoms with Crippen molar-refractivity contribution in [3.63, 3.8) is 0 Å². The normalized spacial score (nSPS) is 10.7. The van der Waals surface area contributed by atoms with Crippen LogP contribution in [0.4, 0.5) is 0 Å². The molecule has 24 heavy (non-hydrogen) atoms. The van der Waals surface area contributed by atoms with Crippen LogP contribution in [0.15, 0.2) is 54.6 Å². The second-order valence-corrected chi connectivity index (χ2v) is 5.47. The predicted molar refractivity (Wildman–Crippen MR) is 91.4 cm³/mol. The van der Waals surface area contributed by atoms with Gasteiger partial charge in [-0.3, -0.25) is 4.79 Å². The molecule has 0 spiro atoms. The molecule has 0 aliphatic carbocycles. The molecule has 2 aromatic carbocycles. The van der Waals surface area contributed by atoms with E-state index in [0.29, 0.717) is 0 Å². The number of aliphatic hydroxyl groups excluding tert-OH is 3. The summed E-state index contributed by atoms with van der Waals surface area (Å²) in [4.78, 5) is 10.5. The molecule has 0 aliphatic rings. The van der Waals surface area contributed by atoms with E-state index >= 15 is 0 Å². The van der Waals surface area contributed by atoms with E-state index in [-0.39, 0.29) is 6.42 Å². The Hall–Kier alpha value is -2.25.